The number of hydrogen-bond donors (Lipinski definition) is 2. The number of rotatable bonds is 10. The van der Waals surface area contributed by atoms with E-state index in [0.29, 0.717) is 5.92 Å². The van der Waals surface area contributed by atoms with Gasteiger partial charge in [-0.3, -0.25) is 0 Å². The molecule has 1 aliphatic heterocycles. The molecule has 27 heavy (non-hydrogen) atoms. The maximum atomic E-state index is 9.45. The Hall–Kier alpha value is -1.36. The Morgan fingerprint density at radius 1 is 1.07 bits per heavy atom. The normalized spacial score (nSPS) is 19.2. The van der Waals surface area contributed by atoms with Crippen LogP contribution in [0.3, 0.4) is 0 Å². The van der Waals surface area contributed by atoms with Gasteiger partial charge < -0.3 is 14.8 Å². The number of aromatic nitrogens is 1. The van der Waals surface area contributed by atoms with Gasteiger partial charge in [-0.2, -0.15) is 0 Å². The van der Waals surface area contributed by atoms with Gasteiger partial charge in [0.1, 0.15) is 6.26 Å². The Morgan fingerprint density at radius 2 is 1.78 bits per heavy atom. The molecular weight excluding hydrogens is 360 g/mol. The fourth-order valence-electron chi connectivity index (χ4n) is 3.98. The standard InChI is InChI=1S/C22H32N2O2.ClH/c1-17-24-20(16-26-17)8-6-4-2-3-5-7-18-9-11-19(12-10-18)21-13-14-23-22(21)15-25;/h9-12,16,21-23,25H,2-8,13-15H2,1H3;1H/t21-,22-;/m1./s1. The highest BCUT2D eigenvalue weighted by molar-refractivity contribution is 5.85. The van der Waals surface area contributed by atoms with Gasteiger partial charge in [-0.05, 0) is 49.8 Å². The summed E-state index contributed by atoms with van der Waals surface area (Å²) in [5.41, 5.74) is 3.88. The predicted octanol–water partition coefficient (Wildman–Crippen LogP) is 4.58. The lowest BCUT2D eigenvalue weighted by atomic mass is 9.91. The van der Waals surface area contributed by atoms with E-state index >= 15 is 0 Å². The van der Waals surface area contributed by atoms with Crippen molar-refractivity contribution in [2.24, 2.45) is 0 Å². The van der Waals surface area contributed by atoms with E-state index in [4.69, 9.17) is 4.42 Å². The molecule has 2 N–H and O–H groups in total. The van der Waals surface area contributed by atoms with Gasteiger partial charge in [0.05, 0.1) is 12.3 Å². The molecule has 2 aromatic rings. The van der Waals surface area contributed by atoms with E-state index < -0.39 is 0 Å². The summed E-state index contributed by atoms with van der Waals surface area (Å²) in [5.74, 6) is 1.23. The zero-order valence-corrected chi connectivity index (χ0v) is 17.1. The van der Waals surface area contributed by atoms with E-state index in [1.54, 1.807) is 6.26 Å². The molecule has 0 spiro atoms. The minimum absolute atomic E-state index is 0. The second kappa shape index (κ2) is 11.5. The Morgan fingerprint density at radius 3 is 2.44 bits per heavy atom. The van der Waals surface area contributed by atoms with E-state index in [1.807, 2.05) is 6.92 Å². The first-order chi connectivity index (χ1) is 12.8. The summed E-state index contributed by atoms with van der Waals surface area (Å²) < 4.78 is 5.24. The average Bonchev–Trinajstić information content (AvgIpc) is 3.30. The maximum Gasteiger partial charge on any atom is 0.191 e. The lowest BCUT2D eigenvalue weighted by Gasteiger charge is -2.17. The Bertz CT molecular complexity index is 657. The van der Waals surface area contributed by atoms with Crippen LogP contribution in [-0.2, 0) is 12.8 Å². The number of oxazole rings is 1. The van der Waals surface area contributed by atoms with Crippen LogP contribution in [0.15, 0.2) is 34.9 Å². The zero-order chi connectivity index (χ0) is 18.2. The van der Waals surface area contributed by atoms with Crippen molar-refractivity contribution in [1.82, 2.24) is 10.3 Å². The van der Waals surface area contributed by atoms with Crippen LogP contribution in [0.5, 0.6) is 0 Å². The molecule has 4 nitrogen and oxygen atoms in total. The van der Waals surface area contributed by atoms with E-state index in [0.717, 1.165) is 37.4 Å². The van der Waals surface area contributed by atoms with Crippen molar-refractivity contribution in [3.63, 3.8) is 0 Å². The molecule has 1 aromatic carbocycles. The van der Waals surface area contributed by atoms with Gasteiger partial charge in [-0.1, -0.05) is 43.5 Å². The molecule has 2 atom stereocenters. The molecule has 5 heteroatoms. The number of aryl methyl sites for hydroxylation is 3. The number of nitrogens with one attached hydrogen (secondary N) is 1. The Balaban J connectivity index is 0.00000261. The van der Waals surface area contributed by atoms with Crippen LogP contribution in [0.4, 0.5) is 0 Å². The molecule has 1 fully saturated rings. The fourth-order valence-corrected chi connectivity index (χ4v) is 3.98. The number of unbranched alkanes of at least 4 members (excludes halogenated alkanes) is 4. The van der Waals surface area contributed by atoms with Crippen molar-refractivity contribution in [2.45, 2.75) is 70.3 Å². The summed E-state index contributed by atoms with van der Waals surface area (Å²) in [6.07, 6.45) is 11.4. The van der Waals surface area contributed by atoms with Gasteiger partial charge in [0.2, 0.25) is 0 Å². The molecule has 0 bridgehead atoms. The summed E-state index contributed by atoms with van der Waals surface area (Å²) in [4.78, 5) is 4.35. The van der Waals surface area contributed by atoms with Crippen molar-refractivity contribution in [1.29, 1.82) is 0 Å². The van der Waals surface area contributed by atoms with Gasteiger partial charge in [-0.15, -0.1) is 12.4 Å². The first-order valence-electron chi connectivity index (χ1n) is 10.1. The SMILES string of the molecule is Cc1nc(CCCCCCCc2ccc([C@H]3CCN[C@@H]3CO)cc2)co1.Cl. The highest BCUT2D eigenvalue weighted by atomic mass is 35.5. The van der Waals surface area contributed by atoms with Crippen LogP contribution >= 0.6 is 12.4 Å². The topological polar surface area (TPSA) is 58.3 Å². The van der Waals surface area contributed by atoms with Gasteiger partial charge in [0.25, 0.3) is 0 Å². The third-order valence-electron chi connectivity index (χ3n) is 5.52. The van der Waals surface area contributed by atoms with Gasteiger partial charge in [0.15, 0.2) is 5.89 Å². The van der Waals surface area contributed by atoms with Gasteiger partial charge in [-0.25, -0.2) is 4.98 Å². The zero-order valence-electron chi connectivity index (χ0n) is 16.3. The minimum atomic E-state index is 0. The first kappa shape index (κ1) is 21.9. The van der Waals surface area contributed by atoms with Gasteiger partial charge >= 0.3 is 0 Å². The summed E-state index contributed by atoms with van der Waals surface area (Å²) in [7, 11) is 0. The number of halogens is 1. The third kappa shape index (κ3) is 6.63. The van der Waals surface area contributed by atoms with Crippen molar-refractivity contribution in [3.8, 4) is 0 Å². The number of aliphatic hydroxyl groups excluding tert-OH is 1. The fraction of sp³-hybridized carbons (Fsp3) is 0.591. The van der Waals surface area contributed by atoms with E-state index in [1.165, 1.54) is 43.2 Å². The minimum Gasteiger partial charge on any atom is -0.449 e. The van der Waals surface area contributed by atoms with Crippen molar-refractivity contribution in [3.05, 3.63) is 53.2 Å². The Labute approximate surface area is 169 Å². The average molecular weight is 393 g/mol. The Kier molecular flexibility index (Phi) is 9.32. The molecule has 1 saturated heterocycles. The summed E-state index contributed by atoms with van der Waals surface area (Å²) in [6, 6.07) is 9.29. The van der Waals surface area contributed by atoms with Crippen LogP contribution < -0.4 is 5.32 Å². The highest BCUT2D eigenvalue weighted by Gasteiger charge is 2.27. The summed E-state index contributed by atoms with van der Waals surface area (Å²) in [6.45, 7) is 3.13. The van der Waals surface area contributed by atoms with E-state index in [2.05, 4.69) is 34.6 Å². The van der Waals surface area contributed by atoms with Crippen LogP contribution in [0.1, 0.15) is 67.2 Å². The molecule has 1 aliphatic rings. The summed E-state index contributed by atoms with van der Waals surface area (Å²) >= 11 is 0. The molecule has 150 valence electrons. The van der Waals surface area contributed by atoms with Crippen molar-refractivity contribution in [2.75, 3.05) is 13.2 Å². The molecule has 0 saturated carbocycles. The predicted molar refractivity (Wildman–Crippen MR) is 112 cm³/mol. The molecule has 0 aliphatic carbocycles. The van der Waals surface area contributed by atoms with Crippen LogP contribution in [0.2, 0.25) is 0 Å². The number of benzene rings is 1. The largest absolute Gasteiger partial charge is 0.449 e. The molecule has 0 amide bonds. The van der Waals surface area contributed by atoms with E-state index in [-0.39, 0.29) is 25.1 Å². The second-order valence-corrected chi connectivity index (χ2v) is 7.51. The molecule has 1 aromatic heterocycles. The number of aliphatic hydroxyl groups is 1. The third-order valence-corrected chi connectivity index (χ3v) is 5.52. The van der Waals surface area contributed by atoms with Crippen LogP contribution in [0.25, 0.3) is 0 Å². The van der Waals surface area contributed by atoms with E-state index in [9.17, 15) is 5.11 Å². The molecule has 2 heterocycles. The molecule has 0 radical (unpaired) electrons. The molecular formula is C22H33ClN2O2. The number of hydrogen-bond acceptors (Lipinski definition) is 4. The molecule has 3 rings (SSSR count). The summed E-state index contributed by atoms with van der Waals surface area (Å²) in [5, 5.41) is 12.8. The van der Waals surface area contributed by atoms with Crippen molar-refractivity contribution < 1.29 is 9.52 Å². The second-order valence-electron chi connectivity index (χ2n) is 7.51. The van der Waals surface area contributed by atoms with Crippen LogP contribution in [-0.4, -0.2) is 29.3 Å². The van der Waals surface area contributed by atoms with Crippen LogP contribution in [0, 0.1) is 6.92 Å². The first-order valence-corrected chi connectivity index (χ1v) is 10.1. The molecule has 0 unspecified atom stereocenters. The monoisotopic (exact) mass is 392 g/mol. The van der Waals surface area contributed by atoms with Crippen molar-refractivity contribution >= 4 is 12.4 Å². The lowest BCUT2D eigenvalue weighted by molar-refractivity contribution is 0.245. The highest BCUT2D eigenvalue weighted by Crippen LogP contribution is 2.28. The lowest BCUT2D eigenvalue weighted by Crippen LogP contribution is -2.29. The quantitative estimate of drug-likeness (QED) is 0.581. The smallest absolute Gasteiger partial charge is 0.191 e. The maximum absolute atomic E-state index is 9.45. The van der Waals surface area contributed by atoms with Gasteiger partial charge in [0, 0.05) is 18.9 Å². The number of nitrogens with zero attached hydrogens (tertiary/aromatic N) is 1.